The summed E-state index contributed by atoms with van der Waals surface area (Å²) in [6.45, 7) is 10.8. The lowest BCUT2D eigenvalue weighted by Gasteiger charge is -2.35. The minimum Gasteiger partial charge on any atom is -0.494 e. The first-order valence-corrected chi connectivity index (χ1v) is 14.3. The number of unbranched alkanes of at least 4 members (excludes halogenated alkanes) is 1. The van der Waals surface area contributed by atoms with E-state index in [1.165, 1.54) is 0 Å². The predicted octanol–water partition coefficient (Wildman–Crippen LogP) is 3.93. The van der Waals surface area contributed by atoms with Crippen LogP contribution in [0.2, 0.25) is 0 Å². The van der Waals surface area contributed by atoms with Crippen LogP contribution in [0.15, 0.2) is 42.5 Å². The van der Waals surface area contributed by atoms with Crippen molar-refractivity contribution < 1.29 is 24.1 Å². The van der Waals surface area contributed by atoms with E-state index in [0.29, 0.717) is 19.8 Å². The molecule has 0 amide bonds. The zero-order chi connectivity index (χ0) is 26.7. The number of esters is 1. The molecular formula is C29H39N3O5S. The van der Waals surface area contributed by atoms with E-state index in [-0.39, 0.29) is 19.0 Å². The van der Waals surface area contributed by atoms with Crippen molar-refractivity contribution in [2.75, 3.05) is 59.1 Å². The summed E-state index contributed by atoms with van der Waals surface area (Å²) in [5.74, 6) is 1.37. The Morgan fingerprint density at radius 1 is 1.03 bits per heavy atom. The summed E-state index contributed by atoms with van der Waals surface area (Å²) in [6, 6.07) is 13.6. The van der Waals surface area contributed by atoms with Gasteiger partial charge in [0, 0.05) is 38.8 Å². The molecule has 2 aromatic carbocycles. The van der Waals surface area contributed by atoms with Gasteiger partial charge >= 0.3 is 5.97 Å². The van der Waals surface area contributed by atoms with E-state index in [9.17, 15) is 9.90 Å². The van der Waals surface area contributed by atoms with Crippen LogP contribution in [0.3, 0.4) is 0 Å². The van der Waals surface area contributed by atoms with Crippen LogP contribution >= 0.6 is 11.3 Å². The number of hydrogen-bond acceptors (Lipinski definition) is 9. The van der Waals surface area contributed by atoms with Crippen molar-refractivity contribution in [3.63, 3.8) is 0 Å². The minimum absolute atomic E-state index is 0.205. The molecule has 8 nitrogen and oxygen atoms in total. The Bertz CT molecular complexity index is 1140. The van der Waals surface area contributed by atoms with E-state index in [4.69, 9.17) is 14.2 Å². The van der Waals surface area contributed by atoms with Crippen molar-refractivity contribution in [1.29, 1.82) is 0 Å². The number of carbonyl (C=O) groups excluding carboxylic acids is 1. The van der Waals surface area contributed by atoms with Gasteiger partial charge in [0.05, 0.1) is 34.9 Å². The average molecular weight is 542 g/mol. The predicted molar refractivity (Wildman–Crippen MR) is 150 cm³/mol. The van der Waals surface area contributed by atoms with Crippen LogP contribution in [0.1, 0.15) is 30.3 Å². The van der Waals surface area contributed by atoms with Crippen LogP contribution in [-0.2, 0) is 16.0 Å². The van der Waals surface area contributed by atoms with Gasteiger partial charge in [0.1, 0.15) is 24.2 Å². The van der Waals surface area contributed by atoms with E-state index in [1.54, 1.807) is 11.3 Å². The maximum atomic E-state index is 11.6. The van der Waals surface area contributed by atoms with Crippen LogP contribution in [0.5, 0.6) is 11.5 Å². The highest BCUT2D eigenvalue weighted by atomic mass is 32.1. The van der Waals surface area contributed by atoms with Crippen molar-refractivity contribution in [3.8, 4) is 11.5 Å². The fourth-order valence-corrected chi connectivity index (χ4v) is 5.37. The molecule has 1 aliphatic rings. The van der Waals surface area contributed by atoms with Gasteiger partial charge in [0.25, 0.3) is 0 Å². The maximum absolute atomic E-state index is 11.6. The molecule has 38 heavy (non-hydrogen) atoms. The second-order valence-corrected chi connectivity index (χ2v) is 10.9. The summed E-state index contributed by atoms with van der Waals surface area (Å²) in [7, 11) is 0. The van der Waals surface area contributed by atoms with Gasteiger partial charge in [-0.2, -0.15) is 0 Å². The van der Waals surface area contributed by atoms with Crippen LogP contribution in [0.25, 0.3) is 10.2 Å². The molecule has 0 spiro atoms. The van der Waals surface area contributed by atoms with E-state index in [0.717, 1.165) is 77.9 Å². The molecule has 1 aromatic heterocycles. The van der Waals surface area contributed by atoms with Gasteiger partial charge in [-0.25, -0.2) is 4.98 Å². The molecule has 1 fully saturated rings. The molecular weight excluding hydrogens is 502 g/mol. The van der Waals surface area contributed by atoms with E-state index in [2.05, 4.69) is 14.8 Å². The lowest BCUT2D eigenvalue weighted by atomic mass is 10.1. The van der Waals surface area contributed by atoms with Gasteiger partial charge in [-0.1, -0.05) is 12.1 Å². The summed E-state index contributed by atoms with van der Waals surface area (Å²) in [4.78, 5) is 20.9. The number of thiazole rings is 1. The molecule has 0 unspecified atom stereocenters. The lowest BCUT2D eigenvalue weighted by Crippen LogP contribution is -2.49. The molecule has 1 atom stereocenters. The Labute approximate surface area is 229 Å². The highest BCUT2D eigenvalue weighted by molar-refractivity contribution is 7.18. The van der Waals surface area contributed by atoms with Crippen molar-refractivity contribution in [3.05, 3.63) is 53.0 Å². The number of aliphatic hydroxyl groups excluding tert-OH is 1. The molecule has 0 radical (unpaired) electrons. The Morgan fingerprint density at radius 2 is 1.76 bits per heavy atom. The highest BCUT2D eigenvalue weighted by Crippen LogP contribution is 2.25. The number of aliphatic hydroxyl groups is 1. The lowest BCUT2D eigenvalue weighted by molar-refractivity contribution is -0.142. The maximum Gasteiger partial charge on any atom is 0.310 e. The molecule has 0 saturated carbocycles. The molecule has 1 aliphatic heterocycles. The summed E-state index contributed by atoms with van der Waals surface area (Å²) >= 11 is 1.67. The number of aryl methyl sites for hydroxylation is 1. The Hall–Kier alpha value is -2.72. The quantitative estimate of drug-likeness (QED) is 0.243. The molecule has 4 rings (SSSR count). The first kappa shape index (κ1) is 28.3. The highest BCUT2D eigenvalue weighted by Gasteiger charge is 2.19. The molecule has 3 aromatic rings. The van der Waals surface area contributed by atoms with Crippen LogP contribution < -0.4 is 9.47 Å². The van der Waals surface area contributed by atoms with E-state index in [1.807, 2.05) is 56.3 Å². The number of aromatic nitrogens is 1. The normalized spacial score (nSPS) is 15.4. The van der Waals surface area contributed by atoms with E-state index >= 15 is 0 Å². The number of benzene rings is 2. The first-order valence-electron chi connectivity index (χ1n) is 13.5. The summed E-state index contributed by atoms with van der Waals surface area (Å²) < 4.78 is 17.8. The third-order valence-corrected chi connectivity index (χ3v) is 7.51. The smallest absolute Gasteiger partial charge is 0.310 e. The second-order valence-electron chi connectivity index (χ2n) is 9.65. The van der Waals surface area contributed by atoms with Gasteiger partial charge in [-0.3, -0.25) is 9.69 Å². The Kier molecular flexibility index (Phi) is 10.7. The van der Waals surface area contributed by atoms with Gasteiger partial charge in [0.15, 0.2) is 0 Å². The summed E-state index contributed by atoms with van der Waals surface area (Å²) in [6.07, 6.45) is 1.84. The van der Waals surface area contributed by atoms with Crippen LogP contribution in [0.4, 0.5) is 0 Å². The van der Waals surface area contributed by atoms with Crippen LogP contribution in [0, 0.1) is 6.92 Å². The zero-order valence-electron chi connectivity index (χ0n) is 22.4. The number of β-amino-alcohol motifs (C(OH)–C–C–N with tert-alkyl or cyclic N) is 1. The van der Waals surface area contributed by atoms with Crippen LogP contribution in [-0.4, -0.2) is 91.1 Å². The van der Waals surface area contributed by atoms with Gasteiger partial charge in [-0.15, -0.1) is 11.3 Å². The Morgan fingerprint density at radius 3 is 2.53 bits per heavy atom. The van der Waals surface area contributed by atoms with Gasteiger partial charge < -0.3 is 24.2 Å². The number of fused-ring (bicyclic) bond motifs is 1. The fraction of sp³-hybridized carbons (Fsp3) is 0.517. The number of rotatable bonds is 14. The van der Waals surface area contributed by atoms with Crippen molar-refractivity contribution >= 4 is 27.5 Å². The molecule has 0 aliphatic carbocycles. The summed E-state index contributed by atoms with van der Waals surface area (Å²) in [5.41, 5.74) is 1.88. The number of ether oxygens (including phenoxy) is 3. The summed E-state index contributed by atoms with van der Waals surface area (Å²) in [5, 5.41) is 11.5. The van der Waals surface area contributed by atoms with Crippen molar-refractivity contribution in [2.24, 2.45) is 0 Å². The number of piperazine rings is 1. The molecule has 206 valence electrons. The first-order chi connectivity index (χ1) is 18.5. The monoisotopic (exact) mass is 541 g/mol. The second kappa shape index (κ2) is 14.4. The number of hydrogen-bond donors (Lipinski definition) is 1. The Balaban J connectivity index is 1.05. The fourth-order valence-electron chi connectivity index (χ4n) is 4.56. The molecule has 1 N–H and O–H groups in total. The SMILES string of the molecule is CCOC(=O)Cc1ccc(OCCCCN2CCN(C[C@@H](O)COc3ccc4sc(C)nc4c3)CC2)cc1. The minimum atomic E-state index is -0.522. The largest absolute Gasteiger partial charge is 0.494 e. The average Bonchev–Trinajstić information content (AvgIpc) is 3.28. The molecule has 1 saturated heterocycles. The third kappa shape index (κ3) is 8.94. The van der Waals surface area contributed by atoms with Crippen molar-refractivity contribution in [1.82, 2.24) is 14.8 Å². The third-order valence-electron chi connectivity index (χ3n) is 6.56. The topological polar surface area (TPSA) is 84.4 Å². The zero-order valence-corrected chi connectivity index (χ0v) is 23.3. The number of carbonyl (C=O) groups is 1. The van der Waals surface area contributed by atoms with Gasteiger partial charge in [0.2, 0.25) is 0 Å². The van der Waals surface area contributed by atoms with Crippen molar-refractivity contribution in [2.45, 2.75) is 39.2 Å². The van der Waals surface area contributed by atoms with Gasteiger partial charge in [-0.05, 0) is 63.1 Å². The molecule has 9 heteroatoms. The molecule has 2 heterocycles. The number of nitrogens with zero attached hydrogens (tertiary/aromatic N) is 3. The molecule has 0 bridgehead atoms. The standard InChI is InChI=1S/C29H39N3O5S/c1-3-35-29(34)18-23-6-8-25(9-7-23)36-17-5-4-12-31-13-15-32(16-14-31)20-24(33)21-37-26-10-11-28-27(19-26)30-22(2)38-28/h6-11,19,24,33H,3-5,12-18,20-21H2,1-2H3/t24-/m1/s1. The van der Waals surface area contributed by atoms with E-state index < -0.39 is 6.10 Å².